The first-order valence-electron chi connectivity index (χ1n) is 7.88. The highest BCUT2D eigenvalue weighted by atomic mass is 16.8. The number of fused-ring (bicyclic) bond motifs is 1. The van der Waals surface area contributed by atoms with Gasteiger partial charge in [0.25, 0.3) is 6.04 Å². The van der Waals surface area contributed by atoms with Crippen molar-refractivity contribution in [3.05, 3.63) is 88.5 Å². The highest BCUT2D eigenvalue weighted by Crippen LogP contribution is 2.48. The van der Waals surface area contributed by atoms with Gasteiger partial charge in [0.2, 0.25) is 0 Å². The van der Waals surface area contributed by atoms with Gasteiger partial charge >= 0.3 is 17.2 Å². The van der Waals surface area contributed by atoms with Gasteiger partial charge in [0, 0.05) is 4.92 Å². The minimum atomic E-state index is -2.46. The zero-order chi connectivity index (χ0) is 20.1. The van der Waals surface area contributed by atoms with Crippen LogP contribution in [0.3, 0.4) is 0 Å². The first-order chi connectivity index (χ1) is 12.6. The van der Waals surface area contributed by atoms with E-state index in [-0.39, 0.29) is 5.76 Å². The first-order valence-corrected chi connectivity index (χ1v) is 7.88. The first kappa shape index (κ1) is 18.5. The topological polar surface area (TPSA) is 148 Å². The Kier molecular flexibility index (Phi) is 4.19. The number of ether oxygens (including phenoxy) is 2. The van der Waals surface area contributed by atoms with Crippen LogP contribution in [0.25, 0.3) is 0 Å². The molecule has 11 nitrogen and oxygen atoms in total. The molecule has 11 heteroatoms. The van der Waals surface area contributed by atoms with E-state index in [1.807, 2.05) is 6.92 Å². The molecule has 1 heterocycles. The van der Waals surface area contributed by atoms with E-state index in [9.17, 15) is 30.3 Å². The maximum atomic E-state index is 11.6. The maximum Gasteiger partial charge on any atom is 0.397 e. The van der Waals surface area contributed by atoms with Crippen molar-refractivity contribution in [2.45, 2.75) is 38.7 Å². The summed E-state index contributed by atoms with van der Waals surface area (Å²) < 4.78 is 11.5. The summed E-state index contributed by atoms with van der Waals surface area (Å²) in [6.07, 6.45) is 4.05. The molecule has 3 aliphatic rings. The van der Waals surface area contributed by atoms with E-state index < -0.39 is 44.1 Å². The van der Waals surface area contributed by atoms with Gasteiger partial charge in [0.05, 0.1) is 22.0 Å². The highest BCUT2D eigenvalue weighted by molar-refractivity contribution is 5.44. The van der Waals surface area contributed by atoms with E-state index in [4.69, 9.17) is 9.47 Å². The van der Waals surface area contributed by atoms with Crippen molar-refractivity contribution in [2.75, 3.05) is 0 Å². The lowest BCUT2D eigenvalue weighted by Gasteiger charge is -2.24. The van der Waals surface area contributed by atoms with Crippen LogP contribution in [0, 0.1) is 30.3 Å². The Balaban J connectivity index is 2.23. The molecule has 0 bridgehead atoms. The summed E-state index contributed by atoms with van der Waals surface area (Å²) in [5, 5.41) is 34.3. The molecular weight excluding hydrogens is 362 g/mol. The SMILES string of the molecule is CC1=CC(C)=C2OC3(O[C@@H]2C(C)=C1)C([N+](=O)[O-])=CC([N+](=O)[O-])C=C3[N+](=O)[O-]. The van der Waals surface area contributed by atoms with Crippen molar-refractivity contribution < 1.29 is 24.2 Å². The Bertz CT molecular complexity index is 892. The van der Waals surface area contributed by atoms with E-state index in [1.165, 1.54) is 0 Å². The number of rotatable bonds is 3. The Morgan fingerprint density at radius 1 is 0.963 bits per heavy atom. The van der Waals surface area contributed by atoms with Crippen molar-refractivity contribution in [1.82, 2.24) is 0 Å². The lowest BCUT2D eigenvalue weighted by atomic mass is 9.99. The number of hydrogen-bond donors (Lipinski definition) is 0. The summed E-state index contributed by atoms with van der Waals surface area (Å²) in [4.78, 5) is 31.5. The van der Waals surface area contributed by atoms with Crippen LogP contribution >= 0.6 is 0 Å². The van der Waals surface area contributed by atoms with Crippen molar-refractivity contribution in [3.63, 3.8) is 0 Å². The van der Waals surface area contributed by atoms with Crippen LogP contribution < -0.4 is 0 Å². The number of allylic oxidation sites excluding steroid dienone is 4. The Morgan fingerprint density at radius 2 is 1.52 bits per heavy atom. The molecule has 1 atom stereocenters. The van der Waals surface area contributed by atoms with Gasteiger partial charge in [-0.3, -0.25) is 30.3 Å². The zero-order valence-corrected chi connectivity index (χ0v) is 14.6. The summed E-state index contributed by atoms with van der Waals surface area (Å²) in [5.74, 6) is -2.27. The molecule has 1 spiro atoms. The predicted molar refractivity (Wildman–Crippen MR) is 89.8 cm³/mol. The van der Waals surface area contributed by atoms with E-state index >= 15 is 0 Å². The van der Waals surface area contributed by atoms with E-state index in [1.54, 1.807) is 26.0 Å². The maximum absolute atomic E-state index is 11.6. The molecule has 0 aromatic rings. The van der Waals surface area contributed by atoms with Crippen LogP contribution in [0.15, 0.2) is 58.2 Å². The fourth-order valence-electron chi connectivity index (χ4n) is 3.36. The van der Waals surface area contributed by atoms with Gasteiger partial charge in [-0.05, 0) is 31.9 Å². The fourth-order valence-corrected chi connectivity index (χ4v) is 3.36. The van der Waals surface area contributed by atoms with Gasteiger partial charge in [0.1, 0.15) is 11.9 Å². The molecule has 1 fully saturated rings. The molecule has 142 valence electrons. The zero-order valence-electron chi connectivity index (χ0n) is 14.6. The summed E-state index contributed by atoms with van der Waals surface area (Å²) in [7, 11) is 0. The van der Waals surface area contributed by atoms with Crippen molar-refractivity contribution in [3.8, 4) is 0 Å². The lowest BCUT2D eigenvalue weighted by Crippen LogP contribution is -2.45. The molecular formula is C16H15N3O8. The molecule has 27 heavy (non-hydrogen) atoms. The molecule has 0 aromatic carbocycles. The third kappa shape index (κ3) is 2.81. The largest absolute Gasteiger partial charge is 0.445 e. The van der Waals surface area contributed by atoms with Crippen LogP contribution in [0.2, 0.25) is 0 Å². The van der Waals surface area contributed by atoms with Gasteiger partial charge in [0.15, 0.2) is 0 Å². The Labute approximate surface area is 152 Å². The van der Waals surface area contributed by atoms with Gasteiger partial charge in [-0.25, -0.2) is 0 Å². The second-order valence-electron chi connectivity index (χ2n) is 6.43. The molecule has 0 aromatic heterocycles. The minimum absolute atomic E-state index is 0.195. The second-order valence-corrected chi connectivity index (χ2v) is 6.43. The summed E-state index contributed by atoms with van der Waals surface area (Å²) in [5.41, 5.74) is 0.333. The quantitative estimate of drug-likeness (QED) is 0.537. The lowest BCUT2D eigenvalue weighted by molar-refractivity contribution is -0.520. The van der Waals surface area contributed by atoms with E-state index in [2.05, 4.69) is 0 Å². The number of hydrogen-bond acceptors (Lipinski definition) is 8. The Hall–Kier alpha value is -3.34. The number of nitro groups is 3. The predicted octanol–water partition coefficient (Wildman–Crippen LogP) is 2.26. The smallest absolute Gasteiger partial charge is 0.397 e. The van der Waals surface area contributed by atoms with E-state index in [0.717, 1.165) is 5.57 Å². The van der Waals surface area contributed by atoms with Crippen LogP contribution in [-0.2, 0) is 9.47 Å². The van der Waals surface area contributed by atoms with Crippen LogP contribution in [-0.4, -0.2) is 32.7 Å². The van der Waals surface area contributed by atoms with Gasteiger partial charge in [-0.2, -0.15) is 0 Å². The standard InChI is InChI=1S/C16H15N3O8/c1-8-4-9(2)14-15(10(3)5-8)27-16(26-14)12(18(22)23)6-11(17(20)21)7-13(16)19(24)25/h4-7,11,14H,1-3H3/t11?,14-,16?/m1/s1. The van der Waals surface area contributed by atoms with Crippen molar-refractivity contribution in [1.29, 1.82) is 0 Å². The summed E-state index contributed by atoms with van der Waals surface area (Å²) in [6, 6.07) is -1.73. The molecule has 3 rings (SSSR count). The third-order valence-electron chi connectivity index (χ3n) is 4.45. The molecule has 0 N–H and O–H groups in total. The second kappa shape index (κ2) is 6.13. The summed E-state index contributed by atoms with van der Waals surface area (Å²) >= 11 is 0. The average molecular weight is 377 g/mol. The minimum Gasteiger partial charge on any atom is -0.445 e. The van der Waals surface area contributed by atoms with Gasteiger partial charge in [-0.15, -0.1) is 0 Å². The molecule has 0 radical (unpaired) electrons. The fraction of sp³-hybridized carbons (Fsp3) is 0.375. The van der Waals surface area contributed by atoms with Crippen molar-refractivity contribution in [2.24, 2.45) is 0 Å². The normalized spacial score (nSPS) is 29.7. The highest BCUT2D eigenvalue weighted by Gasteiger charge is 2.66. The monoisotopic (exact) mass is 377 g/mol. The van der Waals surface area contributed by atoms with Crippen LogP contribution in [0.1, 0.15) is 20.8 Å². The van der Waals surface area contributed by atoms with Gasteiger partial charge < -0.3 is 9.47 Å². The number of nitrogens with zero attached hydrogens (tertiary/aromatic N) is 3. The van der Waals surface area contributed by atoms with E-state index in [0.29, 0.717) is 23.3 Å². The summed E-state index contributed by atoms with van der Waals surface area (Å²) in [6.45, 7) is 5.24. The molecule has 1 aliphatic heterocycles. The van der Waals surface area contributed by atoms with Crippen molar-refractivity contribution >= 4 is 0 Å². The van der Waals surface area contributed by atoms with Gasteiger partial charge in [-0.1, -0.05) is 17.7 Å². The molecule has 0 unspecified atom stereocenters. The third-order valence-corrected chi connectivity index (χ3v) is 4.45. The molecule has 1 saturated heterocycles. The average Bonchev–Trinajstić information content (AvgIpc) is 2.90. The molecule has 0 saturated carbocycles. The van der Waals surface area contributed by atoms with Crippen LogP contribution in [0.5, 0.6) is 0 Å². The molecule has 2 aliphatic carbocycles. The van der Waals surface area contributed by atoms with Crippen LogP contribution in [0.4, 0.5) is 0 Å². The Morgan fingerprint density at radius 3 is 2.00 bits per heavy atom. The molecule has 0 amide bonds.